The Labute approximate surface area is 170 Å². The molecule has 0 fully saturated rings. The Hall–Kier alpha value is -3.35. The number of carbonyl (C=O) groups is 3. The van der Waals surface area contributed by atoms with Crippen LogP contribution < -0.4 is 15.4 Å². The largest absolute Gasteiger partial charge is 0.497 e. The summed E-state index contributed by atoms with van der Waals surface area (Å²) in [5.41, 5.74) is 2.22. The highest BCUT2D eigenvalue weighted by Gasteiger charge is 2.11. The van der Waals surface area contributed by atoms with Gasteiger partial charge in [0.25, 0.3) is 11.8 Å². The lowest BCUT2D eigenvalue weighted by Crippen LogP contribution is -2.32. The van der Waals surface area contributed by atoms with Crippen molar-refractivity contribution >= 4 is 23.5 Å². The Bertz CT molecular complexity index is 831. The van der Waals surface area contributed by atoms with E-state index in [0.717, 1.165) is 6.42 Å². The minimum Gasteiger partial charge on any atom is -0.497 e. The van der Waals surface area contributed by atoms with Crippen LogP contribution in [-0.4, -0.2) is 38.0 Å². The zero-order valence-electron chi connectivity index (χ0n) is 16.9. The molecule has 0 aromatic heterocycles. The molecule has 7 nitrogen and oxygen atoms in total. The summed E-state index contributed by atoms with van der Waals surface area (Å²) in [6.07, 6.45) is 1.04. The second-order valence-corrected chi connectivity index (χ2v) is 6.55. The molecule has 2 amide bonds. The number of benzene rings is 2. The average molecular weight is 398 g/mol. The molecule has 0 aliphatic carbocycles. The van der Waals surface area contributed by atoms with Gasteiger partial charge in [-0.15, -0.1) is 0 Å². The molecule has 7 heteroatoms. The van der Waals surface area contributed by atoms with Crippen LogP contribution in [0.15, 0.2) is 48.5 Å². The molecule has 2 aromatic rings. The van der Waals surface area contributed by atoms with E-state index >= 15 is 0 Å². The van der Waals surface area contributed by atoms with Gasteiger partial charge in [-0.1, -0.05) is 26.0 Å². The molecule has 0 saturated carbocycles. The molecule has 0 aliphatic heterocycles. The molecule has 0 saturated heterocycles. The number of ether oxygens (including phenoxy) is 2. The predicted octanol–water partition coefficient (Wildman–Crippen LogP) is 3.12. The van der Waals surface area contributed by atoms with Gasteiger partial charge in [0.05, 0.1) is 7.11 Å². The number of hydrogen-bond acceptors (Lipinski definition) is 5. The maximum absolute atomic E-state index is 12.0. The molecular weight excluding hydrogens is 372 g/mol. The van der Waals surface area contributed by atoms with E-state index in [1.165, 1.54) is 12.7 Å². The molecule has 0 heterocycles. The van der Waals surface area contributed by atoms with E-state index in [0.29, 0.717) is 22.9 Å². The second-order valence-electron chi connectivity index (χ2n) is 6.55. The summed E-state index contributed by atoms with van der Waals surface area (Å²) in [5, 5.41) is 5.11. The van der Waals surface area contributed by atoms with Crippen molar-refractivity contribution in [3.63, 3.8) is 0 Å². The highest BCUT2D eigenvalue weighted by Crippen LogP contribution is 2.20. The topological polar surface area (TPSA) is 93.7 Å². The first kappa shape index (κ1) is 21.9. The molecule has 29 heavy (non-hydrogen) atoms. The number of amides is 2. The van der Waals surface area contributed by atoms with Gasteiger partial charge in [0.2, 0.25) is 0 Å². The lowest BCUT2D eigenvalue weighted by Gasteiger charge is -2.11. The smallest absolute Gasteiger partial charge is 0.325 e. The lowest BCUT2D eigenvalue weighted by molar-refractivity contribution is -0.146. The first-order valence-electron chi connectivity index (χ1n) is 9.40. The van der Waals surface area contributed by atoms with Crippen LogP contribution in [0.1, 0.15) is 42.1 Å². The minimum absolute atomic E-state index is 0.332. The van der Waals surface area contributed by atoms with Gasteiger partial charge in [-0.2, -0.15) is 0 Å². The molecule has 0 aliphatic rings. The molecule has 0 radical (unpaired) electrons. The third kappa shape index (κ3) is 6.95. The monoisotopic (exact) mass is 398 g/mol. The summed E-state index contributed by atoms with van der Waals surface area (Å²) in [4.78, 5) is 35.7. The summed E-state index contributed by atoms with van der Waals surface area (Å²) in [6.45, 7) is 3.50. The summed E-state index contributed by atoms with van der Waals surface area (Å²) in [6, 6.07) is 14.0. The fraction of sp³-hybridized carbons (Fsp3) is 0.318. The highest BCUT2D eigenvalue weighted by molar-refractivity contribution is 5.96. The van der Waals surface area contributed by atoms with Gasteiger partial charge in [-0.3, -0.25) is 14.4 Å². The first-order chi connectivity index (χ1) is 13.9. The van der Waals surface area contributed by atoms with Gasteiger partial charge in [-0.25, -0.2) is 0 Å². The third-order valence-corrected chi connectivity index (χ3v) is 4.49. The van der Waals surface area contributed by atoms with Crippen molar-refractivity contribution in [2.45, 2.75) is 26.2 Å². The van der Waals surface area contributed by atoms with Gasteiger partial charge in [0, 0.05) is 11.3 Å². The van der Waals surface area contributed by atoms with E-state index in [4.69, 9.17) is 9.47 Å². The molecule has 0 bridgehead atoms. The van der Waals surface area contributed by atoms with E-state index in [9.17, 15) is 14.4 Å². The van der Waals surface area contributed by atoms with Gasteiger partial charge in [0.15, 0.2) is 6.61 Å². The third-order valence-electron chi connectivity index (χ3n) is 4.49. The standard InChI is InChI=1S/C22H26N2O5/c1-4-15(2)16-5-9-18(10-6-16)24-20(25)14-29-21(26)13-23-22(27)17-7-11-19(28-3)12-8-17/h5-12,15H,4,13-14H2,1-3H3,(H,23,27)(H,24,25)/t15-/m1/s1. The lowest BCUT2D eigenvalue weighted by atomic mass is 9.99. The van der Waals surface area contributed by atoms with Crippen LogP contribution in [0.2, 0.25) is 0 Å². The Balaban J connectivity index is 1.72. The minimum atomic E-state index is -0.700. The zero-order chi connectivity index (χ0) is 21.2. The van der Waals surface area contributed by atoms with Gasteiger partial charge >= 0.3 is 5.97 Å². The number of nitrogens with one attached hydrogen (secondary N) is 2. The summed E-state index contributed by atoms with van der Waals surface area (Å²) in [7, 11) is 1.53. The summed E-state index contributed by atoms with van der Waals surface area (Å²) >= 11 is 0. The molecule has 2 aromatic carbocycles. The Morgan fingerprint density at radius 1 is 1.00 bits per heavy atom. The fourth-order valence-electron chi connectivity index (χ4n) is 2.52. The normalized spacial score (nSPS) is 11.3. The van der Waals surface area contributed by atoms with E-state index in [1.807, 2.05) is 24.3 Å². The molecule has 2 N–H and O–H groups in total. The van der Waals surface area contributed by atoms with Crippen molar-refractivity contribution in [3.8, 4) is 5.75 Å². The average Bonchev–Trinajstić information content (AvgIpc) is 2.76. The van der Waals surface area contributed by atoms with Crippen LogP contribution in [-0.2, 0) is 14.3 Å². The van der Waals surface area contributed by atoms with Crippen molar-refractivity contribution in [3.05, 3.63) is 59.7 Å². The number of hydrogen-bond donors (Lipinski definition) is 2. The summed E-state index contributed by atoms with van der Waals surface area (Å²) in [5.74, 6) is -0.490. The summed E-state index contributed by atoms with van der Waals surface area (Å²) < 4.78 is 9.91. The maximum atomic E-state index is 12.0. The number of carbonyl (C=O) groups excluding carboxylic acids is 3. The fourth-order valence-corrected chi connectivity index (χ4v) is 2.52. The Morgan fingerprint density at radius 2 is 1.66 bits per heavy atom. The SMILES string of the molecule is CC[C@@H](C)c1ccc(NC(=O)COC(=O)CNC(=O)c2ccc(OC)cc2)cc1. The number of anilines is 1. The van der Waals surface area contributed by atoms with Crippen LogP contribution in [0.3, 0.4) is 0 Å². The molecule has 0 unspecified atom stereocenters. The van der Waals surface area contributed by atoms with Crippen LogP contribution in [0.5, 0.6) is 5.75 Å². The van der Waals surface area contributed by atoms with Crippen molar-refractivity contribution in [1.82, 2.24) is 5.32 Å². The zero-order valence-corrected chi connectivity index (χ0v) is 16.9. The van der Waals surface area contributed by atoms with E-state index in [2.05, 4.69) is 24.5 Å². The Morgan fingerprint density at radius 3 is 2.24 bits per heavy atom. The first-order valence-corrected chi connectivity index (χ1v) is 9.40. The van der Waals surface area contributed by atoms with Crippen molar-refractivity contribution in [2.24, 2.45) is 0 Å². The maximum Gasteiger partial charge on any atom is 0.325 e. The Kier molecular flexibility index (Phi) is 8.21. The molecule has 1 atom stereocenters. The number of rotatable bonds is 9. The molecular formula is C22H26N2O5. The quantitative estimate of drug-likeness (QED) is 0.633. The number of esters is 1. The number of methoxy groups -OCH3 is 1. The van der Waals surface area contributed by atoms with E-state index in [-0.39, 0.29) is 6.54 Å². The van der Waals surface area contributed by atoms with Crippen molar-refractivity contribution < 1.29 is 23.9 Å². The second kappa shape index (κ2) is 10.8. The van der Waals surface area contributed by atoms with Crippen LogP contribution in [0.4, 0.5) is 5.69 Å². The predicted molar refractivity (Wildman–Crippen MR) is 110 cm³/mol. The molecule has 154 valence electrons. The van der Waals surface area contributed by atoms with Gasteiger partial charge in [-0.05, 0) is 54.3 Å². The van der Waals surface area contributed by atoms with Gasteiger partial charge < -0.3 is 20.1 Å². The highest BCUT2D eigenvalue weighted by atomic mass is 16.5. The van der Waals surface area contributed by atoms with E-state index in [1.54, 1.807) is 24.3 Å². The van der Waals surface area contributed by atoms with Crippen molar-refractivity contribution in [2.75, 3.05) is 25.6 Å². The van der Waals surface area contributed by atoms with Crippen LogP contribution >= 0.6 is 0 Å². The van der Waals surface area contributed by atoms with Crippen molar-refractivity contribution in [1.29, 1.82) is 0 Å². The van der Waals surface area contributed by atoms with E-state index < -0.39 is 24.4 Å². The van der Waals surface area contributed by atoms with Crippen LogP contribution in [0, 0.1) is 0 Å². The molecule has 0 spiro atoms. The van der Waals surface area contributed by atoms with Crippen LogP contribution in [0.25, 0.3) is 0 Å². The molecule has 2 rings (SSSR count). The van der Waals surface area contributed by atoms with Gasteiger partial charge in [0.1, 0.15) is 12.3 Å².